The molecule has 0 aliphatic carbocycles. The number of aliphatic hydroxyl groups excluding tert-OH is 1. The van der Waals surface area contributed by atoms with E-state index in [1.807, 2.05) is 24.3 Å². The van der Waals surface area contributed by atoms with Crippen LogP contribution in [0.4, 0.5) is 23.0 Å². The molecule has 4 N–H and O–H groups in total. The molecule has 2 aromatic rings. The van der Waals surface area contributed by atoms with Crippen LogP contribution in [-0.4, -0.2) is 59.3 Å². The van der Waals surface area contributed by atoms with Crippen molar-refractivity contribution in [3.05, 3.63) is 36.2 Å². The van der Waals surface area contributed by atoms with Crippen LogP contribution in [0.2, 0.25) is 0 Å². The highest BCUT2D eigenvalue weighted by atomic mass is 16.3. The molecule has 0 radical (unpaired) electrons. The molecule has 0 bridgehead atoms. The number of rotatable bonds is 5. The van der Waals surface area contributed by atoms with Gasteiger partial charge in [-0.25, -0.2) is 9.97 Å². The Morgan fingerprint density at radius 2 is 1.83 bits per heavy atom. The quantitative estimate of drug-likeness (QED) is 0.760. The Morgan fingerprint density at radius 1 is 1.12 bits per heavy atom. The number of β-amino-alcohol motifs (C(OH)–C–C–N with tert-alkyl or cyclic N) is 1. The number of hydrogen-bond acceptors (Lipinski definition) is 7. The number of piperazine rings is 1. The molecule has 1 saturated heterocycles. The number of nitrogens with one attached hydrogen (secondary N) is 1. The third-order valence-electron chi connectivity index (χ3n) is 4.27. The molecular weight excluding hydrogens is 304 g/mol. The Labute approximate surface area is 142 Å². The van der Waals surface area contributed by atoms with Crippen molar-refractivity contribution in [2.24, 2.45) is 0 Å². The number of hydrogen-bond donors (Lipinski definition) is 3. The van der Waals surface area contributed by atoms with E-state index in [4.69, 9.17) is 10.8 Å². The normalized spacial score (nSPS) is 15.5. The highest BCUT2D eigenvalue weighted by Gasteiger charge is 2.20. The monoisotopic (exact) mass is 328 g/mol. The Kier molecular flexibility index (Phi) is 5.12. The fourth-order valence-electron chi connectivity index (χ4n) is 2.84. The molecule has 7 heteroatoms. The van der Waals surface area contributed by atoms with Crippen LogP contribution in [0, 0.1) is 6.92 Å². The molecule has 0 amide bonds. The number of benzene rings is 1. The molecule has 1 fully saturated rings. The molecule has 0 saturated carbocycles. The minimum atomic E-state index is 0.195. The molecule has 7 nitrogen and oxygen atoms in total. The molecule has 1 aliphatic rings. The fourth-order valence-corrected chi connectivity index (χ4v) is 2.84. The molecule has 2 heterocycles. The molecule has 1 aliphatic heterocycles. The summed E-state index contributed by atoms with van der Waals surface area (Å²) in [6, 6.07) is 8.09. The zero-order valence-electron chi connectivity index (χ0n) is 13.9. The summed E-state index contributed by atoms with van der Waals surface area (Å²) in [6.07, 6.45) is 1.54. The Balaban J connectivity index is 1.73. The molecular formula is C17H24N6O. The van der Waals surface area contributed by atoms with Crippen LogP contribution >= 0.6 is 0 Å². The first kappa shape index (κ1) is 16.5. The number of nitrogens with zero attached hydrogens (tertiary/aromatic N) is 4. The van der Waals surface area contributed by atoms with E-state index < -0.39 is 0 Å². The van der Waals surface area contributed by atoms with Gasteiger partial charge in [0.15, 0.2) is 11.6 Å². The molecule has 3 rings (SSSR count). The zero-order valence-corrected chi connectivity index (χ0v) is 13.9. The summed E-state index contributed by atoms with van der Waals surface area (Å²) in [5, 5.41) is 12.3. The van der Waals surface area contributed by atoms with E-state index in [0.717, 1.165) is 37.7 Å². The Bertz CT molecular complexity index is 667. The average molecular weight is 328 g/mol. The first-order valence-corrected chi connectivity index (χ1v) is 8.19. The SMILES string of the molecule is Cc1ccc(Nc2ncnc(N3CCN(CCO)CC3)c2N)cc1. The van der Waals surface area contributed by atoms with Crippen LogP contribution in [-0.2, 0) is 0 Å². The smallest absolute Gasteiger partial charge is 0.159 e. The minimum absolute atomic E-state index is 0.195. The summed E-state index contributed by atoms with van der Waals surface area (Å²) >= 11 is 0. The van der Waals surface area contributed by atoms with Crippen molar-refractivity contribution in [2.45, 2.75) is 6.92 Å². The summed E-state index contributed by atoms with van der Waals surface area (Å²) < 4.78 is 0. The Morgan fingerprint density at radius 3 is 2.50 bits per heavy atom. The van der Waals surface area contributed by atoms with E-state index in [0.29, 0.717) is 18.1 Å². The van der Waals surface area contributed by atoms with Crippen LogP contribution < -0.4 is 16.0 Å². The third-order valence-corrected chi connectivity index (χ3v) is 4.27. The van der Waals surface area contributed by atoms with Crippen molar-refractivity contribution >= 4 is 23.0 Å². The first-order chi connectivity index (χ1) is 11.7. The van der Waals surface area contributed by atoms with Gasteiger partial charge >= 0.3 is 0 Å². The first-order valence-electron chi connectivity index (χ1n) is 8.19. The lowest BCUT2D eigenvalue weighted by Crippen LogP contribution is -2.47. The van der Waals surface area contributed by atoms with Crippen LogP contribution in [0.1, 0.15) is 5.56 Å². The van der Waals surface area contributed by atoms with Crippen molar-refractivity contribution in [2.75, 3.05) is 55.3 Å². The molecule has 1 aromatic carbocycles. The number of aryl methyl sites for hydroxylation is 1. The van der Waals surface area contributed by atoms with E-state index in [9.17, 15) is 0 Å². The largest absolute Gasteiger partial charge is 0.395 e. The van der Waals surface area contributed by atoms with Crippen molar-refractivity contribution < 1.29 is 5.11 Å². The number of nitrogen functional groups attached to an aromatic ring is 1. The van der Waals surface area contributed by atoms with Gasteiger partial charge in [-0.1, -0.05) is 17.7 Å². The van der Waals surface area contributed by atoms with E-state index in [1.54, 1.807) is 6.33 Å². The van der Waals surface area contributed by atoms with Gasteiger partial charge in [0.05, 0.1) is 6.61 Å². The molecule has 0 unspecified atom stereocenters. The minimum Gasteiger partial charge on any atom is -0.395 e. The van der Waals surface area contributed by atoms with Crippen molar-refractivity contribution in [1.29, 1.82) is 0 Å². The van der Waals surface area contributed by atoms with Crippen LogP contribution in [0.25, 0.3) is 0 Å². The summed E-state index contributed by atoms with van der Waals surface area (Å²) in [5.74, 6) is 1.39. The predicted molar refractivity (Wildman–Crippen MR) is 96.6 cm³/mol. The van der Waals surface area contributed by atoms with Gasteiger partial charge in [-0.15, -0.1) is 0 Å². The van der Waals surface area contributed by atoms with Crippen LogP contribution in [0.5, 0.6) is 0 Å². The second kappa shape index (κ2) is 7.46. The maximum Gasteiger partial charge on any atom is 0.159 e. The van der Waals surface area contributed by atoms with E-state index in [-0.39, 0.29) is 6.61 Å². The fraction of sp³-hybridized carbons (Fsp3) is 0.412. The maximum atomic E-state index is 9.04. The van der Waals surface area contributed by atoms with Gasteiger partial charge < -0.3 is 21.1 Å². The van der Waals surface area contributed by atoms with Crippen molar-refractivity contribution in [3.63, 3.8) is 0 Å². The molecule has 0 spiro atoms. The number of anilines is 4. The van der Waals surface area contributed by atoms with Gasteiger partial charge in [-0.2, -0.15) is 0 Å². The lowest BCUT2D eigenvalue weighted by Gasteiger charge is -2.35. The molecule has 128 valence electrons. The molecule has 1 aromatic heterocycles. The van der Waals surface area contributed by atoms with E-state index in [2.05, 4.69) is 32.0 Å². The van der Waals surface area contributed by atoms with Crippen LogP contribution in [0.3, 0.4) is 0 Å². The second-order valence-corrected chi connectivity index (χ2v) is 6.00. The van der Waals surface area contributed by atoms with E-state index >= 15 is 0 Å². The topological polar surface area (TPSA) is 90.5 Å². The third kappa shape index (κ3) is 3.74. The lowest BCUT2D eigenvalue weighted by atomic mass is 10.2. The maximum absolute atomic E-state index is 9.04. The molecule has 0 atom stereocenters. The van der Waals surface area contributed by atoms with Crippen molar-refractivity contribution in [3.8, 4) is 0 Å². The summed E-state index contributed by atoms with van der Waals surface area (Å²) in [4.78, 5) is 13.1. The standard InChI is InChI=1S/C17H24N6O/c1-13-2-4-14(5-3-13)21-16-15(18)17(20-12-19-16)23-8-6-22(7-9-23)10-11-24/h2-5,12,24H,6-11,18H2,1H3,(H,19,20,21). The molecule has 24 heavy (non-hydrogen) atoms. The van der Waals surface area contributed by atoms with Gasteiger partial charge in [-0.3, -0.25) is 4.90 Å². The van der Waals surface area contributed by atoms with E-state index in [1.165, 1.54) is 5.56 Å². The lowest BCUT2D eigenvalue weighted by molar-refractivity contribution is 0.188. The van der Waals surface area contributed by atoms with Gasteiger partial charge in [0.25, 0.3) is 0 Å². The highest BCUT2D eigenvalue weighted by molar-refractivity contribution is 5.78. The summed E-state index contributed by atoms with van der Waals surface area (Å²) in [7, 11) is 0. The number of aliphatic hydroxyl groups is 1. The van der Waals surface area contributed by atoms with Crippen molar-refractivity contribution in [1.82, 2.24) is 14.9 Å². The predicted octanol–water partition coefficient (Wildman–Crippen LogP) is 1.23. The summed E-state index contributed by atoms with van der Waals surface area (Å²) in [6.45, 7) is 6.43. The van der Waals surface area contributed by atoms with Gasteiger partial charge in [-0.05, 0) is 19.1 Å². The number of aromatic nitrogens is 2. The average Bonchev–Trinajstić information content (AvgIpc) is 2.60. The van der Waals surface area contributed by atoms with Gasteiger partial charge in [0.1, 0.15) is 12.0 Å². The number of nitrogens with two attached hydrogens (primary N) is 1. The Hall–Kier alpha value is -2.38. The van der Waals surface area contributed by atoms with Crippen LogP contribution in [0.15, 0.2) is 30.6 Å². The second-order valence-electron chi connectivity index (χ2n) is 6.00. The highest BCUT2D eigenvalue weighted by Crippen LogP contribution is 2.29. The van der Waals surface area contributed by atoms with Gasteiger partial charge in [0, 0.05) is 38.4 Å². The zero-order chi connectivity index (χ0) is 16.9. The van der Waals surface area contributed by atoms with Gasteiger partial charge in [0.2, 0.25) is 0 Å². The summed E-state index contributed by atoms with van der Waals surface area (Å²) in [5.41, 5.74) is 9.02.